The Hall–Kier alpha value is 0.830. The van der Waals surface area contributed by atoms with Crippen LogP contribution in [0.5, 0.6) is 0 Å². The van der Waals surface area contributed by atoms with Gasteiger partial charge in [0.05, 0.1) is 9.92 Å². The van der Waals surface area contributed by atoms with Crippen molar-refractivity contribution in [1.82, 2.24) is 4.98 Å². The molecule has 0 atom stereocenters. The fraction of sp³-hybridized carbons (Fsp3) is 0.167. The van der Waals surface area contributed by atoms with Crippen molar-refractivity contribution in [1.29, 1.82) is 0 Å². The van der Waals surface area contributed by atoms with Crippen LogP contribution in [0, 0.1) is 0 Å². The number of hydrogen-bond acceptors (Lipinski definition) is 3. The van der Waals surface area contributed by atoms with Crippen LogP contribution >= 0.6 is 59.4 Å². The summed E-state index contributed by atoms with van der Waals surface area (Å²) in [5.74, 6) is 0. The van der Waals surface area contributed by atoms with Gasteiger partial charge in [-0.15, -0.1) is 0 Å². The SMILES string of the molecule is O=S(=O)(c1cncc(Cl)c1)C(Br)(Br)Br. The number of aromatic nitrogens is 1. The second-order valence-electron chi connectivity index (χ2n) is 2.29. The molecule has 0 radical (unpaired) electrons. The summed E-state index contributed by atoms with van der Waals surface area (Å²) in [4.78, 5) is 3.71. The Bertz CT molecular complexity index is 443. The van der Waals surface area contributed by atoms with E-state index < -0.39 is 11.3 Å². The Kier molecular flexibility index (Phi) is 4.02. The van der Waals surface area contributed by atoms with Crippen molar-refractivity contribution in [3.63, 3.8) is 0 Å². The second-order valence-corrected chi connectivity index (χ2v) is 13.2. The van der Waals surface area contributed by atoms with E-state index in [2.05, 4.69) is 52.8 Å². The normalized spacial score (nSPS) is 12.9. The molecule has 0 aliphatic carbocycles. The third-order valence-corrected chi connectivity index (χ3v) is 6.79. The number of pyridine rings is 1. The summed E-state index contributed by atoms with van der Waals surface area (Å²) in [7, 11) is -3.60. The molecule has 0 N–H and O–H groups in total. The maximum absolute atomic E-state index is 11.8. The maximum atomic E-state index is 11.8. The zero-order valence-corrected chi connectivity index (χ0v) is 12.7. The van der Waals surface area contributed by atoms with Crippen molar-refractivity contribution in [2.75, 3.05) is 0 Å². The predicted molar refractivity (Wildman–Crippen MR) is 65.9 cm³/mol. The highest BCUT2D eigenvalue weighted by atomic mass is 80.0. The third-order valence-electron chi connectivity index (χ3n) is 1.29. The summed E-state index contributed by atoms with van der Waals surface area (Å²) in [5, 5.41) is 0.267. The van der Waals surface area contributed by atoms with Crippen LogP contribution in [-0.4, -0.2) is 14.9 Å². The van der Waals surface area contributed by atoms with Crippen LogP contribution < -0.4 is 0 Å². The molecule has 0 saturated heterocycles. The molecule has 0 bridgehead atoms. The topological polar surface area (TPSA) is 47.0 Å². The lowest BCUT2D eigenvalue weighted by Gasteiger charge is -2.12. The Balaban J connectivity index is 3.32. The lowest BCUT2D eigenvalue weighted by Crippen LogP contribution is -2.17. The second kappa shape index (κ2) is 4.37. The molecule has 78 valence electrons. The Morgan fingerprint density at radius 1 is 1.29 bits per heavy atom. The van der Waals surface area contributed by atoms with Gasteiger partial charge in [0.25, 0.3) is 0 Å². The van der Waals surface area contributed by atoms with Crippen LogP contribution in [0.4, 0.5) is 0 Å². The van der Waals surface area contributed by atoms with Gasteiger partial charge in [0.1, 0.15) is 0 Å². The standard InChI is InChI=1S/C6H3Br3ClNO2S/c7-6(8,9)14(12,13)5-1-4(10)2-11-3-5/h1-3H. The minimum Gasteiger partial charge on any atom is -0.262 e. The van der Waals surface area contributed by atoms with E-state index >= 15 is 0 Å². The fourth-order valence-corrected chi connectivity index (χ4v) is 3.34. The van der Waals surface area contributed by atoms with Gasteiger partial charge in [-0.1, -0.05) is 11.6 Å². The Morgan fingerprint density at radius 3 is 2.29 bits per heavy atom. The van der Waals surface area contributed by atoms with Crippen molar-refractivity contribution in [2.45, 2.75) is 6.37 Å². The maximum Gasteiger partial charge on any atom is 0.239 e. The molecular formula is C6H3Br3ClNO2S. The van der Waals surface area contributed by atoms with Crippen molar-refractivity contribution in [2.24, 2.45) is 0 Å². The van der Waals surface area contributed by atoms with E-state index in [4.69, 9.17) is 11.6 Å². The number of halogens is 4. The number of sulfone groups is 1. The van der Waals surface area contributed by atoms with Crippen LogP contribution in [0.1, 0.15) is 0 Å². The molecule has 3 nitrogen and oxygen atoms in total. The highest BCUT2D eigenvalue weighted by molar-refractivity contribution is 9.42. The summed E-state index contributed by atoms with van der Waals surface area (Å²) >= 11 is 14.4. The quantitative estimate of drug-likeness (QED) is 0.645. The van der Waals surface area contributed by atoms with E-state index in [9.17, 15) is 8.42 Å². The lowest BCUT2D eigenvalue weighted by molar-refractivity contribution is 0.598. The van der Waals surface area contributed by atoms with Crippen LogP contribution in [-0.2, 0) is 9.84 Å². The summed E-state index contributed by atoms with van der Waals surface area (Å²) in [5.41, 5.74) is 0. The minimum atomic E-state index is -3.60. The molecular weight excluding hydrogens is 425 g/mol. The van der Waals surface area contributed by atoms with Crippen molar-refractivity contribution < 1.29 is 8.42 Å². The van der Waals surface area contributed by atoms with E-state index in [-0.39, 0.29) is 9.92 Å². The first-order valence-electron chi connectivity index (χ1n) is 3.17. The highest BCUT2D eigenvalue weighted by Crippen LogP contribution is 2.43. The molecule has 8 heteroatoms. The van der Waals surface area contributed by atoms with Gasteiger partial charge in [0.2, 0.25) is 11.3 Å². The van der Waals surface area contributed by atoms with Gasteiger partial charge in [-0.3, -0.25) is 4.98 Å². The highest BCUT2D eigenvalue weighted by Gasteiger charge is 2.37. The monoisotopic (exact) mass is 425 g/mol. The van der Waals surface area contributed by atoms with E-state index in [0.717, 1.165) is 0 Å². The number of nitrogens with zero attached hydrogens (tertiary/aromatic N) is 1. The van der Waals surface area contributed by atoms with Gasteiger partial charge >= 0.3 is 0 Å². The van der Waals surface area contributed by atoms with Crippen LogP contribution in [0.25, 0.3) is 0 Å². The van der Waals surface area contributed by atoms with Crippen molar-refractivity contribution in [3.8, 4) is 0 Å². The molecule has 0 aromatic carbocycles. The number of rotatable bonds is 1. The molecule has 0 saturated carbocycles. The largest absolute Gasteiger partial charge is 0.262 e. The van der Waals surface area contributed by atoms with Gasteiger partial charge in [-0.2, -0.15) is 0 Å². The first-order valence-corrected chi connectivity index (χ1v) is 7.41. The first-order chi connectivity index (χ1) is 6.25. The van der Waals surface area contributed by atoms with E-state index in [1.807, 2.05) is 0 Å². The molecule has 0 unspecified atom stereocenters. The van der Waals surface area contributed by atoms with Crippen LogP contribution in [0.2, 0.25) is 5.02 Å². The van der Waals surface area contributed by atoms with E-state index in [1.165, 1.54) is 18.5 Å². The van der Waals surface area contributed by atoms with Crippen LogP contribution in [0.3, 0.4) is 0 Å². The third kappa shape index (κ3) is 2.69. The fourth-order valence-electron chi connectivity index (χ4n) is 0.673. The van der Waals surface area contributed by atoms with Gasteiger partial charge in [0.15, 0.2) is 0 Å². The Morgan fingerprint density at radius 2 is 1.86 bits per heavy atom. The summed E-state index contributed by atoms with van der Waals surface area (Å²) < 4.78 is 22.1. The average molecular weight is 428 g/mol. The minimum absolute atomic E-state index is 0.0237. The molecule has 1 aromatic heterocycles. The molecule has 0 fully saturated rings. The van der Waals surface area contributed by atoms with Gasteiger partial charge in [0, 0.05) is 12.4 Å². The van der Waals surface area contributed by atoms with Gasteiger partial charge in [-0.25, -0.2) is 8.42 Å². The molecule has 0 aliphatic rings. The molecule has 0 amide bonds. The predicted octanol–water partition coefficient (Wildman–Crippen LogP) is 3.30. The van der Waals surface area contributed by atoms with Gasteiger partial charge < -0.3 is 0 Å². The molecule has 1 rings (SSSR count). The molecule has 1 aromatic rings. The molecule has 0 aliphatic heterocycles. The molecule has 1 heterocycles. The zero-order chi connectivity index (χ0) is 11.0. The van der Waals surface area contributed by atoms with Crippen LogP contribution in [0.15, 0.2) is 23.4 Å². The summed E-state index contributed by atoms with van der Waals surface area (Å²) in [6.07, 6.45) is 2.58. The van der Waals surface area contributed by atoms with Gasteiger partial charge in [-0.05, 0) is 53.9 Å². The first kappa shape index (κ1) is 12.9. The Labute approximate surface area is 112 Å². The van der Waals surface area contributed by atoms with Crippen molar-refractivity contribution >= 4 is 69.2 Å². The lowest BCUT2D eigenvalue weighted by atomic mass is 10.5. The number of hydrogen-bond donors (Lipinski definition) is 0. The average Bonchev–Trinajstić information content (AvgIpc) is 2.02. The summed E-state index contributed by atoms with van der Waals surface area (Å²) in [6, 6.07) is 1.32. The van der Waals surface area contributed by atoms with E-state index in [1.54, 1.807) is 0 Å². The van der Waals surface area contributed by atoms with Crippen molar-refractivity contribution in [3.05, 3.63) is 23.5 Å². The number of alkyl halides is 3. The molecule has 14 heavy (non-hydrogen) atoms. The smallest absolute Gasteiger partial charge is 0.239 e. The molecule has 0 spiro atoms. The summed E-state index contributed by atoms with van der Waals surface area (Å²) in [6.45, 7) is 0. The zero-order valence-electron chi connectivity index (χ0n) is 6.42. The van der Waals surface area contributed by atoms with E-state index in [0.29, 0.717) is 0 Å².